The molecule has 6 heteroatoms. The van der Waals surface area contributed by atoms with Gasteiger partial charge in [-0.15, -0.1) is 11.3 Å². The van der Waals surface area contributed by atoms with Gasteiger partial charge in [0.05, 0.1) is 5.39 Å². The number of hydrogen-bond donors (Lipinski definition) is 2. The zero-order chi connectivity index (χ0) is 13.5. The third-order valence-corrected chi connectivity index (χ3v) is 4.49. The van der Waals surface area contributed by atoms with Gasteiger partial charge < -0.3 is 15.8 Å². The number of aromatic nitrogens is 2. The number of nitrogens with one attached hydrogen (secondary N) is 1. The third-order valence-electron chi connectivity index (χ3n) is 3.55. The Morgan fingerprint density at radius 1 is 1.37 bits per heavy atom. The average Bonchev–Trinajstić information content (AvgIpc) is 2.70. The van der Waals surface area contributed by atoms with Gasteiger partial charge in [0.1, 0.15) is 10.6 Å². The first-order chi connectivity index (χ1) is 9.06. The van der Waals surface area contributed by atoms with Crippen LogP contribution < -0.4 is 11.1 Å². The van der Waals surface area contributed by atoms with E-state index in [2.05, 4.69) is 35.2 Å². The van der Waals surface area contributed by atoms with E-state index >= 15 is 0 Å². The van der Waals surface area contributed by atoms with Crippen LogP contribution in [0.5, 0.6) is 0 Å². The van der Waals surface area contributed by atoms with Gasteiger partial charge in [-0.25, -0.2) is 4.98 Å². The van der Waals surface area contributed by atoms with Crippen LogP contribution in [-0.2, 0) is 4.74 Å². The first-order valence-electron chi connectivity index (χ1n) is 6.45. The van der Waals surface area contributed by atoms with Crippen LogP contribution in [0.1, 0.15) is 24.6 Å². The van der Waals surface area contributed by atoms with Gasteiger partial charge >= 0.3 is 0 Å². The highest BCUT2D eigenvalue weighted by Gasteiger charge is 2.28. The highest BCUT2D eigenvalue weighted by molar-refractivity contribution is 7.18. The minimum Gasteiger partial charge on any atom is -0.381 e. The molecule has 0 atom stereocenters. The van der Waals surface area contributed by atoms with Crippen molar-refractivity contribution in [1.82, 2.24) is 9.97 Å². The van der Waals surface area contributed by atoms with Gasteiger partial charge in [0.25, 0.3) is 0 Å². The van der Waals surface area contributed by atoms with Crippen molar-refractivity contribution in [3.63, 3.8) is 0 Å². The van der Waals surface area contributed by atoms with Crippen LogP contribution in [0.2, 0.25) is 0 Å². The molecule has 0 amide bonds. The van der Waals surface area contributed by atoms with Gasteiger partial charge in [-0.2, -0.15) is 4.98 Å². The molecule has 2 aromatic rings. The van der Waals surface area contributed by atoms with E-state index < -0.39 is 0 Å². The summed E-state index contributed by atoms with van der Waals surface area (Å²) in [6.45, 7) is 5.85. The molecule has 102 valence electrons. The van der Waals surface area contributed by atoms with E-state index in [1.54, 1.807) is 11.3 Å². The van der Waals surface area contributed by atoms with Gasteiger partial charge in [-0.1, -0.05) is 0 Å². The van der Waals surface area contributed by atoms with Crippen molar-refractivity contribution in [2.24, 2.45) is 0 Å². The standard InChI is InChI=1S/C13H18N4OS/c1-8-7-9-10(15-12(14)16-11(9)19-8)17-13(2)3-5-18-6-4-13/h7H,3-6H2,1-2H3,(H3,14,15,16,17). The number of thiophene rings is 1. The summed E-state index contributed by atoms with van der Waals surface area (Å²) in [6, 6.07) is 2.12. The lowest BCUT2D eigenvalue weighted by atomic mass is 9.92. The molecule has 0 bridgehead atoms. The molecule has 1 fully saturated rings. The molecule has 3 rings (SSSR count). The van der Waals surface area contributed by atoms with Crippen LogP contribution in [-0.4, -0.2) is 28.7 Å². The van der Waals surface area contributed by atoms with E-state index in [0.717, 1.165) is 42.1 Å². The van der Waals surface area contributed by atoms with Gasteiger partial charge in [0, 0.05) is 23.6 Å². The van der Waals surface area contributed by atoms with E-state index in [9.17, 15) is 0 Å². The monoisotopic (exact) mass is 278 g/mol. The van der Waals surface area contributed by atoms with Crippen LogP contribution >= 0.6 is 11.3 Å². The van der Waals surface area contributed by atoms with E-state index in [0.29, 0.717) is 5.95 Å². The zero-order valence-corrected chi connectivity index (χ0v) is 12.0. The second-order valence-corrected chi connectivity index (χ2v) is 6.54. The lowest BCUT2D eigenvalue weighted by Gasteiger charge is -2.35. The second kappa shape index (κ2) is 4.61. The number of anilines is 2. The predicted molar refractivity (Wildman–Crippen MR) is 78.6 cm³/mol. The Hall–Kier alpha value is -1.40. The Morgan fingerprint density at radius 2 is 2.11 bits per heavy atom. The van der Waals surface area contributed by atoms with Gasteiger partial charge in [0.2, 0.25) is 5.95 Å². The fourth-order valence-corrected chi connectivity index (χ4v) is 3.27. The number of nitrogens with zero attached hydrogens (tertiary/aromatic N) is 2. The van der Waals surface area contributed by atoms with Gasteiger partial charge in [0.15, 0.2) is 0 Å². The number of aryl methyl sites for hydroxylation is 1. The Bertz CT molecular complexity index is 604. The fraction of sp³-hybridized carbons (Fsp3) is 0.538. The number of rotatable bonds is 2. The average molecular weight is 278 g/mol. The van der Waals surface area contributed by atoms with Crippen molar-refractivity contribution in [2.75, 3.05) is 24.3 Å². The molecule has 1 saturated heterocycles. The summed E-state index contributed by atoms with van der Waals surface area (Å²) in [6.07, 6.45) is 1.95. The SMILES string of the molecule is Cc1cc2c(NC3(C)CCOCC3)nc(N)nc2s1. The Balaban J connectivity index is 1.99. The zero-order valence-electron chi connectivity index (χ0n) is 11.2. The van der Waals surface area contributed by atoms with Crippen LogP contribution in [0.15, 0.2) is 6.07 Å². The molecule has 0 aromatic carbocycles. The number of fused-ring (bicyclic) bond motifs is 1. The lowest BCUT2D eigenvalue weighted by Crippen LogP contribution is -2.41. The van der Waals surface area contributed by atoms with Crippen molar-refractivity contribution in [1.29, 1.82) is 0 Å². The fourth-order valence-electron chi connectivity index (χ4n) is 2.39. The molecule has 0 radical (unpaired) electrons. The Kier molecular flexibility index (Phi) is 3.06. The molecule has 1 aliphatic heterocycles. The van der Waals surface area contributed by atoms with Crippen LogP contribution in [0.3, 0.4) is 0 Å². The predicted octanol–water partition coefficient (Wildman–Crippen LogP) is 2.56. The molecular formula is C13H18N4OS. The molecule has 19 heavy (non-hydrogen) atoms. The Morgan fingerprint density at radius 3 is 2.84 bits per heavy atom. The van der Waals surface area contributed by atoms with Crippen LogP contribution in [0, 0.1) is 6.92 Å². The summed E-state index contributed by atoms with van der Waals surface area (Å²) in [5.74, 6) is 1.17. The molecule has 5 nitrogen and oxygen atoms in total. The summed E-state index contributed by atoms with van der Waals surface area (Å²) >= 11 is 1.65. The van der Waals surface area contributed by atoms with Gasteiger partial charge in [-0.05, 0) is 32.8 Å². The van der Waals surface area contributed by atoms with E-state index in [1.807, 2.05) is 0 Å². The van der Waals surface area contributed by atoms with E-state index in [4.69, 9.17) is 10.5 Å². The quantitative estimate of drug-likeness (QED) is 0.883. The lowest BCUT2D eigenvalue weighted by molar-refractivity contribution is 0.0657. The first kappa shape index (κ1) is 12.6. The molecular weight excluding hydrogens is 260 g/mol. The number of nitrogens with two attached hydrogens (primary N) is 1. The van der Waals surface area contributed by atoms with Crippen molar-refractivity contribution in [2.45, 2.75) is 32.2 Å². The molecule has 0 unspecified atom stereocenters. The molecule has 2 aromatic heterocycles. The van der Waals surface area contributed by atoms with Crippen molar-refractivity contribution >= 4 is 33.3 Å². The largest absolute Gasteiger partial charge is 0.381 e. The molecule has 1 aliphatic rings. The Labute approximate surface area is 116 Å². The molecule has 0 saturated carbocycles. The number of ether oxygens (including phenoxy) is 1. The first-order valence-corrected chi connectivity index (χ1v) is 7.27. The minimum absolute atomic E-state index is 0.0157. The number of nitrogen functional groups attached to an aromatic ring is 1. The second-order valence-electron chi connectivity index (χ2n) is 5.30. The number of hydrogen-bond acceptors (Lipinski definition) is 6. The van der Waals surface area contributed by atoms with Crippen LogP contribution in [0.4, 0.5) is 11.8 Å². The van der Waals surface area contributed by atoms with Crippen LogP contribution in [0.25, 0.3) is 10.2 Å². The van der Waals surface area contributed by atoms with Crippen molar-refractivity contribution < 1.29 is 4.74 Å². The summed E-state index contributed by atoms with van der Waals surface area (Å²) in [5.41, 5.74) is 5.82. The maximum atomic E-state index is 5.80. The summed E-state index contributed by atoms with van der Waals surface area (Å²) in [7, 11) is 0. The maximum absolute atomic E-state index is 5.80. The molecule has 0 aliphatic carbocycles. The van der Waals surface area contributed by atoms with Crippen molar-refractivity contribution in [3.8, 4) is 0 Å². The van der Waals surface area contributed by atoms with Gasteiger partial charge in [-0.3, -0.25) is 0 Å². The van der Waals surface area contributed by atoms with E-state index in [-0.39, 0.29) is 5.54 Å². The highest BCUT2D eigenvalue weighted by Crippen LogP contribution is 2.32. The molecule has 0 spiro atoms. The summed E-state index contributed by atoms with van der Waals surface area (Å²) in [5, 5.41) is 4.61. The topological polar surface area (TPSA) is 73.1 Å². The molecule has 3 heterocycles. The normalized spacial score (nSPS) is 18.6. The minimum atomic E-state index is 0.0157. The summed E-state index contributed by atoms with van der Waals surface area (Å²) < 4.78 is 5.42. The maximum Gasteiger partial charge on any atom is 0.223 e. The summed E-state index contributed by atoms with van der Waals surface area (Å²) in [4.78, 5) is 10.8. The molecule has 3 N–H and O–H groups in total. The highest BCUT2D eigenvalue weighted by atomic mass is 32.1. The van der Waals surface area contributed by atoms with Crippen molar-refractivity contribution in [3.05, 3.63) is 10.9 Å². The third kappa shape index (κ3) is 2.50. The smallest absolute Gasteiger partial charge is 0.223 e. The van der Waals surface area contributed by atoms with E-state index in [1.165, 1.54) is 4.88 Å².